The normalized spacial score (nSPS) is 11.9. The van der Waals surface area contributed by atoms with E-state index in [0.29, 0.717) is 11.4 Å². The molecule has 0 bridgehead atoms. The number of aryl methyl sites for hydroxylation is 1. The van der Waals surface area contributed by atoms with Gasteiger partial charge in [-0.15, -0.1) is 35.4 Å². The van der Waals surface area contributed by atoms with E-state index in [1.54, 1.807) is 0 Å². The van der Waals surface area contributed by atoms with Crippen LogP contribution in [-0.2, 0) is 31.9 Å². The monoisotopic (exact) mass is 1010 g/mol. The van der Waals surface area contributed by atoms with E-state index >= 15 is 0 Å². The van der Waals surface area contributed by atoms with Gasteiger partial charge in [-0.1, -0.05) is 162 Å². The molecule has 5 heteroatoms. The minimum absolute atomic E-state index is 0. The van der Waals surface area contributed by atoms with E-state index in [1.165, 1.54) is 27.5 Å². The van der Waals surface area contributed by atoms with Crippen LogP contribution in [0, 0.1) is 13.0 Å². The molecule has 1 N–H and O–H groups in total. The SMILES string of the molecule is Cc1c(-c2ccccc2)cc(-c2[c-]c(-c3cc(-c4cccc5ccccc45)cc4c3nc(-c3cc(C(C)(C)C)ccc3O)n4-c3ccc(C(C)(C)C)cc3)ccc2)c2ncccc12.[Pt]. The molecule has 318 valence electrons. The van der Waals surface area contributed by atoms with Crippen LogP contribution in [-0.4, -0.2) is 19.6 Å². The molecule has 8 aromatic carbocycles. The van der Waals surface area contributed by atoms with Gasteiger partial charge in [0.15, 0.2) is 0 Å². The molecule has 0 fully saturated rings. The summed E-state index contributed by atoms with van der Waals surface area (Å²) in [7, 11) is 0. The van der Waals surface area contributed by atoms with Crippen molar-refractivity contribution in [2.45, 2.75) is 59.3 Å². The van der Waals surface area contributed by atoms with Crippen molar-refractivity contribution < 1.29 is 26.2 Å². The molecule has 2 heterocycles. The minimum Gasteiger partial charge on any atom is -0.507 e. The van der Waals surface area contributed by atoms with Crippen molar-refractivity contribution in [1.82, 2.24) is 14.5 Å². The van der Waals surface area contributed by atoms with Gasteiger partial charge in [-0.25, -0.2) is 4.98 Å². The fourth-order valence-corrected chi connectivity index (χ4v) is 9.04. The number of rotatable bonds is 6. The molecule has 0 aliphatic heterocycles. The maximum atomic E-state index is 11.7. The van der Waals surface area contributed by atoms with E-state index in [1.807, 2.05) is 24.4 Å². The van der Waals surface area contributed by atoms with Crippen LogP contribution in [0.5, 0.6) is 5.75 Å². The number of nitrogens with zero attached hydrogens (tertiary/aromatic N) is 3. The van der Waals surface area contributed by atoms with E-state index < -0.39 is 0 Å². The minimum atomic E-state index is -0.148. The topological polar surface area (TPSA) is 50.9 Å². The third-order valence-corrected chi connectivity index (χ3v) is 12.6. The molecule has 0 saturated heterocycles. The Bertz CT molecular complexity index is 3360. The number of aromatic hydroxyl groups is 1. The van der Waals surface area contributed by atoms with Gasteiger partial charge in [0.1, 0.15) is 11.6 Å². The first-order chi connectivity index (χ1) is 30.3. The fraction of sp³-hybridized carbons (Fsp3) is 0.153. The van der Waals surface area contributed by atoms with Crippen molar-refractivity contribution in [3.05, 3.63) is 193 Å². The zero-order valence-corrected chi connectivity index (χ0v) is 39.5. The van der Waals surface area contributed by atoms with Crippen molar-refractivity contribution >= 4 is 32.7 Å². The molecule has 0 aliphatic carbocycles. The molecule has 0 atom stereocenters. The van der Waals surface area contributed by atoms with Gasteiger partial charge >= 0.3 is 0 Å². The summed E-state index contributed by atoms with van der Waals surface area (Å²) in [5.41, 5.74) is 16.1. The van der Waals surface area contributed by atoms with Crippen LogP contribution in [0.15, 0.2) is 170 Å². The molecule has 10 rings (SSSR count). The first-order valence-corrected chi connectivity index (χ1v) is 21.8. The molecule has 10 aromatic rings. The van der Waals surface area contributed by atoms with Gasteiger partial charge in [0.25, 0.3) is 0 Å². The zero-order valence-electron chi connectivity index (χ0n) is 37.3. The summed E-state index contributed by atoms with van der Waals surface area (Å²) in [6, 6.07) is 61.7. The Morgan fingerprint density at radius 1 is 0.516 bits per heavy atom. The second-order valence-corrected chi connectivity index (χ2v) is 18.8. The Balaban J connectivity index is 0.00000518. The predicted octanol–water partition coefficient (Wildman–Crippen LogP) is 15.5. The van der Waals surface area contributed by atoms with Gasteiger partial charge in [0.05, 0.1) is 16.6 Å². The number of hydrogen-bond acceptors (Lipinski definition) is 3. The molecule has 4 nitrogen and oxygen atoms in total. The van der Waals surface area contributed by atoms with Crippen molar-refractivity contribution in [3.63, 3.8) is 0 Å². The average molecular weight is 1010 g/mol. The number of imidazole rings is 1. The number of phenolic OH excluding ortho intramolecular Hbond substituents is 1. The summed E-state index contributed by atoms with van der Waals surface area (Å²) in [5, 5.41) is 15.2. The molecule has 0 unspecified atom stereocenters. The van der Waals surface area contributed by atoms with Crippen LogP contribution in [0.1, 0.15) is 58.2 Å². The van der Waals surface area contributed by atoms with Gasteiger partial charge in [-0.2, -0.15) is 0 Å². The number of fused-ring (bicyclic) bond motifs is 3. The van der Waals surface area contributed by atoms with Crippen LogP contribution in [0.3, 0.4) is 0 Å². The van der Waals surface area contributed by atoms with Gasteiger partial charge < -0.3 is 5.11 Å². The molecule has 0 amide bonds. The third kappa shape index (κ3) is 7.65. The van der Waals surface area contributed by atoms with Gasteiger partial charge in [-0.3, -0.25) is 9.55 Å². The molecule has 0 aliphatic rings. The zero-order chi connectivity index (χ0) is 43.6. The van der Waals surface area contributed by atoms with E-state index in [-0.39, 0.29) is 37.6 Å². The maximum absolute atomic E-state index is 11.7. The first-order valence-electron chi connectivity index (χ1n) is 21.8. The number of benzene rings is 8. The van der Waals surface area contributed by atoms with E-state index in [9.17, 15) is 5.11 Å². The Labute approximate surface area is 390 Å². The van der Waals surface area contributed by atoms with Crippen LogP contribution in [0.25, 0.3) is 94.3 Å². The first kappa shape index (κ1) is 42.7. The Morgan fingerprint density at radius 2 is 1.16 bits per heavy atom. The van der Waals surface area contributed by atoms with Crippen LogP contribution in [0.2, 0.25) is 0 Å². The van der Waals surface area contributed by atoms with E-state index in [2.05, 4.69) is 205 Å². The van der Waals surface area contributed by atoms with E-state index in [4.69, 9.17) is 9.97 Å². The number of pyridine rings is 1. The summed E-state index contributed by atoms with van der Waals surface area (Å²) in [6.45, 7) is 15.5. The largest absolute Gasteiger partial charge is 0.507 e. The standard InChI is InChI=1S/C59H50N3O.Pt/c1-37-46-24-15-31-60-55(46)51(36-49(37)39-16-9-8-10-17-39)41-21-13-20-40(32-41)50-33-42(48-23-14-19-38-18-11-12-22-47(38)48)34-53-56(50)61-57(52-35-44(59(5,6)7)27-30-54(52)63)62(53)45-28-25-43(26-29-45)58(2,3)4;/h8-31,33-36,63H,1-7H3;/q-1;. The number of phenols is 1. The van der Waals surface area contributed by atoms with Gasteiger partial charge in [0.2, 0.25) is 0 Å². The smallest absolute Gasteiger partial charge is 0.148 e. The number of aromatic nitrogens is 3. The summed E-state index contributed by atoms with van der Waals surface area (Å²) in [5.74, 6) is 0.856. The average Bonchev–Trinajstić information content (AvgIpc) is 3.68. The summed E-state index contributed by atoms with van der Waals surface area (Å²) in [6.07, 6.45) is 1.88. The molecule has 0 spiro atoms. The predicted molar refractivity (Wildman–Crippen MR) is 264 cm³/mol. The molecule has 64 heavy (non-hydrogen) atoms. The molecule has 0 saturated carbocycles. The fourth-order valence-electron chi connectivity index (χ4n) is 9.04. The Morgan fingerprint density at radius 3 is 1.89 bits per heavy atom. The summed E-state index contributed by atoms with van der Waals surface area (Å²) >= 11 is 0. The Hall–Kier alpha value is -6.61. The quantitative estimate of drug-likeness (QED) is 0.169. The van der Waals surface area contributed by atoms with E-state index in [0.717, 1.165) is 72.1 Å². The number of hydrogen-bond donors (Lipinski definition) is 1. The van der Waals surface area contributed by atoms with Crippen molar-refractivity contribution in [2.24, 2.45) is 0 Å². The van der Waals surface area contributed by atoms with Gasteiger partial charge in [0, 0.05) is 38.5 Å². The molecule has 0 radical (unpaired) electrons. The van der Waals surface area contributed by atoms with Crippen molar-refractivity contribution in [3.8, 4) is 67.3 Å². The van der Waals surface area contributed by atoms with Crippen LogP contribution < -0.4 is 0 Å². The summed E-state index contributed by atoms with van der Waals surface area (Å²) < 4.78 is 2.23. The molecule has 2 aromatic heterocycles. The van der Waals surface area contributed by atoms with Crippen molar-refractivity contribution in [2.75, 3.05) is 0 Å². The third-order valence-electron chi connectivity index (χ3n) is 12.6. The molecular formula is C59H50N3OPt-. The summed E-state index contributed by atoms with van der Waals surface area (Å²) in [4.78, 5) is 10.5. The van der Waals surface area contributed by atoms with Crippen molar-refractivity contribution in [1.29, 1.82) is 0 Å². The van der Waals surface area contributed by atoms with Crippen LogP contribution in [0.4, 0.5) is 0 Å². The second kappa shape index (κ2) is 16.5. The van der Waals surface area contributed by atoms with Crippen LogP contribution >= 0.6 is 0 Å². The van der Waals surface area contributed by atoms with Gasteiger partial charge in [-0.05, 0) is 109 Å². The Kier molecular flexibility index (Phi) is 11.0. The second-order valence-electron chi connectivity index (χ2n) is 18.8. The maximum Gasteiger partial charge on any atom is 0.148 e. The molecular weight excluding hydrogens is 962 g/mol.